The van der Waals surface area contributed by atoms with Gasteiger partial charge in [-0.25, -0.2) is 9.07 Å². The molecule has 1 atom stereocenters. The summed E-state index contributed by atoms with van der Waals surface area (Å²) in [7, 11) is 1.66. The zero-order chi connectivity index (χ0) is 23.3. The fourth-order valence-electron chi connectivity index (χ4n) is 5.40. The minimum atomic E-state index is -0.234. The molecule has 0 bridgehead atoms. The molecule has 1 aliphatic heterocycles. The van der Waals surface area contributed by atoms with Crippen LogP contribution in [-0.4, -0.2) is 69.3 Å². The summed E-state index contributed by atoms with van der Waals surface area (Å²) in [6.45, 7) is 4.53. The Kier molecular flexibility index (Phi) is 7.16. The van der Waals surface area contributed by atoms with Gasteiger partial charge in [0.15, 0.2) is 5.82 Å². The molecule has 180 valence electrons. The van der Waals surface area contributed by atoms with Crippen LogP contribution in [0.25, 0.3) is 0 Å². The van der Waals surface area contributed by atoms with Crippen molar-refractivity contribution in [3.05, 3.63) is 71.3 Å². The Labute approximate surface area is 200 Å². The average molecular weight is 465 g/mol. The van der Waals surface area contributed by atoms with Crippen molar-refractivity contribution in [1.29, 1.82) is 0 Å². The number of methoxy groups -OCH3 is 1. The highest BCUT2D eigenvalue weighted by atomic mass is 19.1. The van der Waals surface area contributed by atoms with Crippen LogP contribution in [0.15, 0.2) is 48.5 Å². The number of rotatable bonds is 7. The number of nitrogens with zero attached hydrogens (tertiary/aromatic N) is 6. The number of tetrazole rings is 1. The van der Waals surface area contributed by atoms with E-state index in [4.69, 9.17) is 4.74 Å². The van der Waals surface area contributed by atoms with E-state index in [1.807, 2.05) is 41.1 Å². The molecule has 1 unspecified atom stereocenters. The van der Waals surface area contributed by atoms with Gasteiger partial charge in [-0.1, -0.05) is 43.5 Å². The van der Waals surface area contributed by atoms with E-state index < -0.39 is 0 Å². The second-order valence-electron chi connectivity index (χ2n) is 9.36. The van der Waals surface area contributed by atoms with Crippen LogP contribution in [0.1, 0.15) is 55.1 Å². The number of hydrogen-bond donors (Lipinski definition) is 0. The lowest BCUT2D eigenvalue weighted by Crippen LogP contribution is -2.52. The minimum Gasteiger partial charge on any atom is -0.497 e. The van der Waals surface area contributed by atoms with Crippen LogP contribution in [0.4, 0.5) is 4.39 Å². The largest absolute Gasteiger partial charge is 0.497 e. The second-order valence-corrected chi connectivity index (χ2v) is 9.36. The van der Waals surface area contributed by atoms with Crippen LogP contribution < -0.4 is 4.74 Å². The van der Waals surface area contributed by atoms with E-state index in [0.29, 0.717) is 6.54 Å². The van der Waals surface area contributed by atoms with Crippen LogP contribution in [0.2, 0.25) is 0 Å². The molecule has 3 aromatic rings. The zero-order valence-corrected chi connectivity index (χ0v) is 19.8. The smallest absolute Gasteiger partial charge is 0.173 e. The van der Waals surface area contributed by atoms with Crippen molar-refractivity contribution < 1.29 is 9.13 Å². The molecule has 8 heteroatoms. The molecule has 0 amide bonds. The Morgan fingerprint density at radius 2 is 1.65 bits per heavy atom. The predicted molar refractivity (Wildman–Crippen MR) is 128 cm³/mol. The molecule has 0 spiro atoms. The van der Waals surface area contributed by atoms with E-state index in [0.717, 1.165) is 54.9 Å². The second kappa shape index (κ2) is 10.6. The van der Waals surface area contributed by atoms with Gasteiger partial charge in [0.25, 0.3) is 0 Å². The summed E-state index contributed by atoms with van der Waals surface area (Å²) in [6.07, 6.45) is 6.72. The molecule has 1 saturated carbocycles. The first kappa shape index (κ1) is 22.9. The van der Waals surface area contributed by atoms with Gasteiger partial charge in [-0.3, -0.25) is 9.80 Å². The Morgan fingerprint density at radius 3 is 2.32 bits per heavy atom. The maximum absolute atomic E-state index is 13.7. The maximum atomic E-state index is 13.7. The van der Waals surface area contributed by atoms with Crippen LogP contribution in [0, 0.1) is 5.82 Å². The fraction of sp³-hybridized carbons (Fsp3) is 0.500. The number of aromatic nitrogens is 4. The van der Waals surface area contributed by atoms with E-state index in [9.17, 15) is 4.39 Å². The minimum absolute atomic E-state index is 0.123. The maximum Gasteiger partial charge on any atom is 0.173 e. The molecule has 1 saturated heterocycles. The molecule has 1 aliphatic carbocycles. The first-order valence-corrected chi connectivity index (χ1v) is 12.3. The molecule has 0 radical (unpaired) electrons. The molecule has 2 aromatic carbocycles. The topological polar surface area (TPSA) is 59.3 Å². The van der Waals surface area contributed by atoms with Crippen LogP contribution in [-0.2, 0) is 6.54 Å². The van der Waals surface area contributed by atoms with E-state index in [1.165, 1.54) is 44.2 Å². The lowest BCUT2D eigenvalue weighted by atomic mass is 9.93. The van der Waals surface area contributed by atoms with Crippen LogP contribution >= 0.6 is 0 Å². The summed E-state index contributed by atoms with van der Waals surface area (Å²) in [6, 6.07) is 15.3. The quantitative estimate of drug-likeness (QED) is 0.529. The SMILES string of the molecule is COc1ccc(Cn2nnnc2C(c2ccc(F)cc2)N2CCN(C3CCCCC3)CC2)cc1. The van der Waals surface area contributed by atoms with Gasteiger partial charge in [0.2, 0.25) is 0 Å². The third-order valence-electron chi connectivity index (χ3n) is 7.29. The molecular formula is C26H33FN6O. The van der Waals surface area contributed by atoms with Crippen molar-refractivity contribution in [3.8, 4) is 5.75 Å². The Balaban J connectivity index is 1.38. The van der Waals surface area contributed by atoms with Crippen molar-refractivity contribution in [3.63, 3.8) is 0 Å². The van der Waals surface area contributed by atoms with E-state index >= 15 is 0 Å². The van der Waals surface area contributed by atoms with Gasteiger partial charge < -0.3 is 4.74 Å². The number of ether oxygens (including phenoxy) is 1. The summed E-state index contributed by atoms with van der Waals surface area (Å²) in [4.78, 5) is 5.11. The van der Waals surface area contributed by atoms with E-state index in [1.54, 1.807) is 7.11 Å². The molecule has 34 heavy (non-hydrogen) atoms. The monoisotopic (exact) mass is 464 g/mol. The lowest BCUT2D eigenvalue weighted by molar-refractivity contribution is 0.0620. The first-order chi connectivity index (χ1) is 16.7. The summed E-state index contributed by atoms with van der Waals surface area (Å²) >= 11 is 0. The average Bonchev–Trinajstić information content (AvgIpc) is 3.34. The lowest BCUT2D eigenvalue weighted by Gasteiger charge is -2.43. The standard InChI is InChI=1S/C26H33FN6O/c1-34-24-13-7-20(8-14-24)19-33-26(28-29-30-33)25(21-9-11-22(27)12-10-21)32-17-15-31(16-18-32)23-5-3-2-4-6-23/h7-14,23,25H,2-6,15-19H2,1H3. The van der Waals surface area contributed by atoms with Crippen molar-refractivity contribution in [2.75, 3.05) is 33.3 Å². The van der Waals surface area contributed by atoms with Gasteiger partial charge in [0.1, 0.15) is 11.6 Å². The number of halogens is 1. The normalized spacial score (nSPS) is 19.2. The van der Waals surface area contributed by atoms with Crippen molar-refractivity contribution in [2.24, 2.45) is 0 Å². The Morgan fingerprint density at radius 1 is 0.941 bits per heavy atom. The molecule has 1 aromatic heterocycles. The van der Waals surface area contributed by atoms with Crippen LogP contribution in [0.5, 0.6) is 5.75 Å². The van der Waals surface area contributed by atoms with Gasteiger partial charge in [-0.2, -0.15) is 0 Å². The Bertz CT molecular complexity index is 1040. The predicted octanol–water partition coefficient (Wildman–Crippen LogP) is 3.91. The molecule has 2 heterocycles. The van der Waals surface area contributed by atoms with E-state index in [-0.39, 0.29) is 11.9 Å². The van der Waals surface area contributed by atoms with Gasteiger partial charge in [0, 0.05) is 32.2 Å². The van der Waals surface area contributed by atoms with Gasteiger partial charge in [0.05, 0.1) is 19.7 Å². The van der Waals surface area contributed by atoms with Gasteiger partial charge in [-0.15, -0.1) is 5.10 Å². The fourth-order valence-corrected chi connectivity index (χ4v) is 5.40. The summed E-state index contributed by atoms with van der Waals surface area (Å²) in [5, 5.41) is 12.8. The summed E-state index contributed by atoms with van der Waals surface area (Å²) in [5.41, 5.74) is 2.10. The third kappa shape index (κ3) is 5.13. The Hall–Kier alpha value is -2.84. The highest BCUT2D eigenvalue weighted by molar-refractivity contribution is 5.29. The molecule has 2 fully saturated rings. The highest BCUT2D eigenvalue weighted by Crippen LogP contribution is 2.30. The van der Waals surface area contributed by atoms with E-state index in [2.05, 4.69) is 25.3 Å². The number of piperazine rings is 1. The summed E-state index contributed by atoms with van der Waals surface area (Å²) < 4.78 is 20.9. The van der Waals surface area contributed by atoms with Gasteiger partial charge >= 0.3 is 0 Å². The highest BCUT2D eigenvalue weighted by Gasteiger charge is 2.32. The first-order valence-electron chi connectivity index (χ1n) is 12.3. The molecule has 5 rings (SSSR count). The van der Waals surface area contributed by atoms with Crippen LogP contribution in [0.3, 0.4) is 0 Å². The summed E-state index contributed by atoms with van der Waals surface area (Å²) in [5.74, 6) is 1.37. The third-order valence-corrected chi connectivity index (χ3v) is 7.29. The van der Waals surface area contributed by atoms with Gasteiger partial charge in [-0.05, 0) is 58.7 Å². The molecule has 2 aliphatic rings. The number of hydrogen-bond acceptors (Lipinski definition) is 6. The van der Waals surface area contributed by atoms with Crippen molar-refractivity contribution in [1.82, 2.24) is 30.0 Å². The molecular weight excluding hydrogens is 431 g/mol. The van der Waals surface area contributed by atoms with Crippen molar-refractivity contribution in [2.45, 2.75) is 50.7 Å². The number of benzene rings is 2. The van der Waals surface area contributed by atoms with Crippen molar-refractivity contribution >= 4 is 0 Å². The molecule has 7 nitrogen and oxygen atoms in total. The zero-order valence-electron chi connectivity index (χ0n) is 19.8. The molecule has 0 N–H and O–H groups in total.